The predicted molar refractivity (Wildman–Crippen MR) is 82.7 cm³/mol. The molecule has 0 spiro atoms. The van der Waals surface area contributed by atoms with Gasteiger partial charge < -0.3 is 11.1 Å². The molecule has 20 heavy (non-hydrogen) atoms. The summed E-state index contributed by atoms with van der Waals surface area (Å²) in [5.74, 6) is 0.625. The van der Waals surface area contributed by atoms with Gasteiger partial charge in [0.2, 0.25) is 0 Å². The Labute approximate surface area is 123 Å². The molecule has 0 bridgehead atoms. The zero-order valence-electron chi connectivity index (χ0n) is 11.8. The fraction of sp³-hybridized carbons (Fsp3) is 0.385. The van der Waals surface area contributed by atoms with Crippen LogP contribution in [0.1, 0.15) is 23.7 Å². The van der Waals surface area contributed by atoms with E-state index in [9.17, 15) is 0 Å². The zero-order chi connectivity index (χ0) is 14.7. The highest BCUT2D eigenvalue weighted by Gasteiger charge is 2.15. The molecule has 6 nitrogen and oxygen atoms in total. The highest BCUT2D eigenvalue weighted by Crippen LogP contribution is 2.19. The summed E-state index contributed by atoms with van der Waals surface area (Å²) >= 11 is 5.12. The lowest BCUT2D eigenvalue weighted by atomic mass is 10.1. The van der Waals surface area contributed by atoms with Crippen LogP contribution in [-0.2, 0) is 6.54 Å². The summed E-state index contributed by atoms with van der Waals surface area (Å²) in [5, 5.41) is 15.8. The summed E-state index contributed by atoms with van der Waals surface area (Å²) in [6.07, 6.45) is 3.67. The van der Waals surface area contributed by atoms with Gasteiger partial charge in [-0.1, -0.05) is 12.2 Å². The Morgan fingerprint density at radius 2 is 2.20 bits per heavy atom. The molecule has 0 saturated carbocycles. The molecule has 0 amide bonds. The first-order valence-corrected chi connectivity index (χ1v) is 6.77. The molecule has 0 radical (unpaired) electrons. The van der Waals surface area contributed by atoms with E-state index in [-0.39, 0.29) is 6.04 Å². The second-order valence-corrected chi connectivity index (χ2v) is 5.21. The Hall–Kier alpha value is -2.02. The van der Waals surface area contributed by atoms with Crippen LogP contribution in [0.15, 0.2) is 18.5 Å². The van der Waals surface area contributed by atoms with Gasteiger partial charge in [0.05, 0.1) is 17.8 Å². The van der Waals surface area contributed by atoms with Gasteiger partial charge in [0.15, 0.2) is 5.82 Å². The molecule has 2 aromatic rings. The molecule has 3 N–H and O–H groups in total. The number of aryl methyl sites for hydroxylation is 1. The van der Waals surface area contributed by atoms with E-state index in [4.69, 9.17) is 18.0 Å². The Bertz CT molecular complexity index is 608. The fourth-order valence-corrected chi connectivity index (χ4v) is 2.23. The van der Waals surface area contributed by atoms with Crippen LogP contribution in [-0.4, -0.2) is 31.0 Å². The van der Waals surface area contributed by atoms with E-state index in [1.54, 1.807) is 6.20 Å². The first-order chi connectivity index (χ1) is 9.49. The van der Waals surface area contributed by atoms with Gasteiger partial charge in [-0.25, -0.2) is 0 Å². The Morgan fingerprint density at radius 3 is 2.80 bits per heavy atom. The van der Waals surface area contributed by atoms with Crippen molar-refractivity contribution >= 4 is 23.0 Å². The first-order valence-electron chi connectivity index (χ1n) is 6.36. The molecule has 2 aromatic heterocycles. The SMILES string of the molecule is Cc1nnc(NC(C)Cn2cccn2)c(C(N)=S)c1C. The Balaban J connectivity index is 2.20. The van der Waals surface area contributed by atoms with Crippen molar-refractivity contribution in [2.24, 2.45) is 5.73 Å². The minimum atomic E-state index is 0.124. The first kappa shape index (κ1) is 14.4. The molecule has 1 unspecified atom stereocenters. The van der Waals surface area contributed by atoms with Gasteiger partial charge in [-0.3, -0.25) is 4.68 Å². The standard InChI is InChI=1S/C13H18N6S/c1-8(7-19-6-4-5-15-19)16-13-11(12(14)20)9(2)10(3)17-18-13/h4-6,8H,7H2,1-3H3,(H2,14,20)(H,16,18). The summed E-state index contributed by atoms with van der Waals surface area (Å²) in [6, 6.07) is 2.02. The lowest BCUT2D eigenvalue weighted by Crippen LogP contribution is -2.26. The third-order valence-corrected chi connectivity index (χ3v) is 3.31. The van der Waals surface area contributed by atoms with E-state index in [0.717, 1.165) is 23.4 Å². The number of hydrogen-bond acceptors (Lipinski definition) is 5. The molecule has 0 aliphatic rings. The summed E-state index contributed by atoms with van der Waals surface area (Å²) in [7, 11) is 0. The Morgan fingerprint density at radius 1 is 1.45 bits per heavy atom. The van der Waals surface area contributed by atoms with Gasteiger partial charge in [-0.05, 0) is 32.4 Å². The second kappa shape index (κ2) is 5.96. The average molecular weight is 290 g/mol. The van der Waals surface area contributed by atoms with Gasteiger partial charge in [-0.2, -0.15) is 10.2 Å². The van der Waals surface area contributed by atoms with Gasteiger partial charge in [0.1, 0.15) is 4.99 Å². The van der Waals surface area contributed by atoms with E-state index >= 15 is 0 Å². The maximum Gasteiger partial charge on any atom is 0.159 e. The van der Waals surface area contributed by atoms with Gasteiger partial charge in [0, 0.05) is 18.4 Å². The molecular formula is C13H18N6S. The molecule has 2 heterocycles. The van der Waals surface area contributed by atoms with E-state index in [0.29, 0.717) is 10.8 Å². The fourth-order valence-electron chi connectivity index (χ4n) is 1.98. The minimum Gasteiger partial charge on any atom is -0.389 e. The molecule has 0 aliphatic heterocycles. The molecule has 0 aromatic carbocycles. The highest BCUT2D eigenvalue weighted by molar-refractivity contribution is 7.80. The topological polar surface area (TPSA) is 81.7 Å². The maximum atomic E-state index is 5.80. The Kier molecular flexibility index (Phi) is 4.29. The van der Waals surface area contributed by atoms with Crippen LogP contribution in [0.5, 0.6) is 0 Å². The normalized spacial score (nSPS) is 12.2. The summed E-state index contributed by atoms with van der Waals surface area (Å²) in [4.78, 5) is 0.328. The number of nitrogens with zero attached hydrogens (tertiary/aromatic N) is 4. The van der Waals surface area contributed by atoms with Crippen LogP contribution in [0.4, 0.5) is 5.82 Å². The van der Waals surface area contributed by atoms with Crippen molar-refractivity contribution in [3.05, 3.63) is 35.3 Å². The molecule has 1 atom stereocenters. The van der Waals surface area contributed by atoms with Crippen LogP contribution in [0.2, 0.25) is 0 Å². The molecule has 106 valence electrons. The third kappa shape index (κ3) is 3.11. The smallest absolute Gasteiger partial charge is 0.159 e. The van der Waals surface area contributed by atoms with E-state index < -0.39 is 0 Å². The number of anilines is 1. The number of nitrogens with two attached hydrogens (primary N) is 1. The van der Waals surface area contributed by atoms with Crippen LogP contribution in [0.25, 0.3) is 0 Å². The number of nitrogens with one attached hydrogen (secondary N) is 1. The van der Waals surface area contributed by atoms with Crippen LogP contribution in [0.3, 0.4) is 0 Å². The van der Waals surface area contributed by atoms with E-state index in [1.165, 1.54) is 0 Å². The van der Waals surface area contributed by atoms with Crippen molar-refractivity contribution in [3.63, 3.8) is 0 Å². The van der Waals surface area contributed by atoms with Crippen molar-refractivity contribution in [3.8, 4) is 0 Å². The van der Waals surface area contributed by atoms with Gasteiger partial charge >= 0.3 is 0 Å². The zero-order valence-corrected chi connectivity index (χ0v) is 12.6. The third-order valence-electron chi connectivity index (χ3n) is 3.10. The summed E-state index contributed by atoms with van der Waals surface area (Å²) < 4.78 is 1.85. The van der Waals surface area contributed by atoms with Crippen LogP contribution >= 0.6 is 12.2 Å². The average Bonchev–Trinajstić information content (AvgIpc) is 2.86. The van der Waals surface area contributed by atoms with Crippen LogP contribution in [0, 0.1) is 13.8 Å². The summed E-state index contributed by atoms with van der Waals surface area (Å²) in [6.45, 7) is 6.60. The summed E-state index contributed by atoms with van der Waals surface area (Å²) in [5.41, 5.74) is 8.36. The van der Waals surface area contributed by atoms with Crippen LogP contribution < -0.4 is 11.1 Å². The highest BCUT2D eigenvalue weighted by atomic mass is 32.1. The number of aromatic nitrogens is 4. The van der Waals surface area contributed by atoms with Crippen molar-refractivity contribution in [2.75, 3.05) is 5.32 Å². The van der Waals surface area contributed by atoms with Crippen molar-refractivity contribution in [2.45, 2.75) is 33.4 Å². The predicted octanol–water partition coefficient (Wildman–Crippen LogP) is 1.42. The quantitative estimate of drug-likeness (QED) is 0.811. The molecular weight excluding hydrogens is 272 g/mol. The lowest BCUT2D eigenvalue weighted by molar-refractivity contribution is 0.559. The number of hydrogen-bond donors (Lipinski definition) is 2. The van der Waals surface area contributed by atoms with Crippen molar-refractivity contribution in [1.29, 1.82) is 0 Å². The number of rotatable bonds is 5. The monoisotopic (exact) mass is 290 g/mol. The van der Waals surface area contributed by atoms with Gasteiger partial charge in [-0.15, -0.1) is 5.10 Å². The maximum absolute atomic E-state index is 5.80. The minimum absolute atomic E-state index is 0.124. The van der Waals surface area contributed by atoms with Crippen molar-refractivity contribution in [1.82, 2.24) is 20.0 Å². The van der Waals surface area contributed by atoms with E-state index in [2.05, 4.69) is 20.6 Å². The largest absolute Gasteiger partial charge is 0.389 e. The number of thiocarbonyl (C=S) groups is 1. The molecule has 0 aliphatic carbocycles. The lowest BCUT2D eigenvalue weighted by Gasteiger charge is -2.18. The molecule has 7 heteroatoms. The second-order valence-electron chi connectivity index (χ2n) is 4.77. The van der Waals surface area contributed by atoms with Gasteiger partial charge in [0.25, 0.3) is 0 Å². The molecule has 0 saturated heterocycles. The van der Waals surface area contributed by atoms with Crippen molar-refractivity contribution < 1.29 is 0 Å². The molecule has 2 rings (SSSR count). The molecule has 0 fully saturated rings. The van der Waals surface area contributed by atoms with E-state index in [1.807, 2.05) is 37.7 Å².